The minimum atomic E-state index is -0.317. The Hall–Kier alpha value is -1.09. The van der Waals surface area contributed by atoms with Gasteiger partial charge in [0.05, 0.1) is 6.61 Å². The molecule has 12 heavy (non-hydrogen) atoms. The molecule has 2 N–H and O–H groups in total. The molecule has 1 aliphatic heterocycles. The van der Waals surface area contributed by atoms with Crippen molar-refractivity contribution in [2.75, 3.05) is 6.61 Å². The SMILES string of the molecule is N[C@H]1CCOc2c(F)cccc21. The van der Waals surface area contributed by atoms with Crippen LogP contribution in [0.4, 0.5) is 4.39 Å². The molecule has 0 spiro atoms. The highest BCUT2D eigenvalue weighted by atomic mass is 19.1. The highest BCUT2D eigenvalue weighted by Gasteiger charge is 2.20. The zero-order chi connectivity index (χ0) is 8.55. The summed E-state index contributed by atoms with van der Waals surface area (Å²) in [5.41, 5.74) is 6.55. The molecule has 0 radical (unpaired) electrons. The van der Waals surface area contributed by atoms with Crippen molar-refractivity contribution < 1.29 is 9.13 Å². The van der Waals surface area contributed by atoms with E-state index in [0.29, 0.717) is 12.4 Å². The number of hydrogen-bond donors (Lipinski definition) is 1. The van der Waals surface area contributed by atoms with Gasteiger partial charge in [-0.15, -0.1) is 0 Å². The molecular weight excluding hydrogens is 157 g/mol. The summed E-state index contributed by atoms with van der Waals surface area (Å²) in [6.45, 7) is 0.509. The van der Waals surface area contributed by atoms with Crippen LogP contribution < -0.4 is 10.5 Å². The van der Waals surface area contributed by atoms with E-state index in [1.165, 1.54) is 6.07 Å². The molecule has 0 unspecified atom stereocenters. The number of hydrogen-bond acceptors (Lipinski definition) is 2. The topological polar surface area (TPSA) is 35.2 Å². The summed E-state index contributed by atoms with van der Waals surface area (Å²) in [6, 6.07) is 4.77. The first-order valence-electron chi connectivity index (χ1n) is 3.96. The summed E-state index contributed by atoms with van der Waals surface area (Å²) < 4.78 is 18.2. The molecule has 1 aliphatic rings. The van der Waals surface area contributed by atoms with Crippen molar-refractivity contribution in [3.63, 3.8) is 0 Å². The van der Waals surface area contributed by atoms with Gasteiger partial charge in [-0.2, -0.15) is 0 Å². The zero-order valence-corrected chi connectivity index (χ0v) is 6.59. The minimum absolute atomic E-state index is 0.0792. The van der Waals surface area contributed by atoms with Crippen molar-refractivity contribution in [2.24, 2.45) is 5.73 Å². The third kappa shape index (κ3) is 1.06. The lowest BCUT2D eigenvalue weighted by molar-refractivity contribution is 0.255. The van der Waals surface area contributed by atoms with Crippen LogP contribution in [-0.2, 0) is 0 Å². The van der Waals surface area contributed by atoms with Gasteiger partial charge in [0.15, 0.2) is 11.6 Å². The van der Waals surface area contributed by atoms with Crippen molar-refractivity contribution in [1.29, 1.82) is 0 Å². The van der Waals surface area contributed by atoms with Crippen LogP contribution in [0, 0.1) is 5.82 Å². The normalized spacial score (nSPS) is 21.3. The van der Waals surface area contributed by atoms with Gasteiger partial charge in [-0.05, 0) is 6.07 Å². The molecule has 3 heteroatoms. The summed E-state index contributed by atoms with van der Waals surface area (Å²) in [5.74, 6) is 0.0129. The monoisotopic (exact) mass is 167 g/mol. The van der Waals surface area contributed by atoms with E-state index < -0.39 is 0 Å². The van der Waals surface area contributed by atoms with Gasteiger partial charge in [0.1, 0.15) is 0 Å². The predicted octanol–water partition coefficient (Wildman–Crippen LogP) is 1.61. The van der Waals surface area contributed by atoms with Crippen molar-refractivity contribution >= 4 is 0 Å². The Balaban J connectivity index is 2.52. The fourth-order valence-corrected chi connectivity index (χ4v) is 1.41. The van der Waals surface area contributed by atoms with E-state index in [0.717, 1.165) is 12.0 Å². The highest BCUT2D eigenvalue weighted by molar-refractivity contribution is 5.38. The quantitative estimate of drug-likeness (QED) is 0.637. The van der Waals surface area contributed by atoms with E-state index >= 15 is 0 Å². The van der Waals surface area contributed by atoms with Crippen molar-refractivity contribution in [2.45, 2.75) is 12.5 Å². The number of ether oxygens (including phenoxy) is 1. The molecule has 1 aromatic rings. The van der Waals surface area contributed by atoms with Gasteiger partial charge in [-0.3, -0.25) is 0 Å². The summed E-state index contributed by atoms with van der Waals surface area (Å²) in [7, 11) is 0. The maximum atomic E-state index is 13.1. The molecule has 2 nitrogen and oxygen atoms in total. The second-order valence-corrected chi connectivity index (χ2v) is 2.90. The van der Waals surface area contributed by atoms with Crippen LogP contribution in [0.2, 0.25) is 0 Å². The third-order valence-corrected chi connectivity index (χ3v) is 2.07. The van der Waals surface area contributed by atoms with Gasteiger partial charge >= 0.3 is 0 Å². The van der Waals surface area contributed by atoms with Crippen molar-refractivity contribution in [1.82, 2.24) is 0 Å². The van der Waals surface area contributed by atoms with E-state index in [9.17, 15) is 4.39 Å². The number of halogens is 1. The van der Waals surface area contributed by atoms with E-state index in [1.54, 1.807) is 6.07 Å². The molecule has 0 amide bonds. The van der Waals surface area contributed by atoms with Crippen LogP contribution in [0.5, 0.6) is 5.75 Å². The van der Waals surface area contributed by atoms with E-state index in [2.05, 4.69) is 0 Å². The molecule has 0 bridgehead atoms. The Kier molecular flexibility index (Phi) is 1.73. The van der Waals surface area contributed by atoms with Gasteiger partial charge in [-0.1, -0.05) is 12.1 Å². The Bertz CT molecular complexity index is 301. The average molecular weight is 167 g/mol. The fourth-order valence-electron chi connectivity index (χ4n) is 1.41. The second-order valence-electron chi connectivity index (χ2n) is 2.90. The molecule has 0 saturated heterocycles. The molecule has 0 saturated carbocycles. The van der Waals surface area contributed by atoms with Gasteiger partial charge in [-0.25, -0.2) is 4.39 Å². The van der Waals surface area contributed by atoms with Crippen LogP contribution >= 0.6 is 0 Å². The fraction of sp³-hybridized carbons (Fsp3) is 0.333. The summed E-state index contributed by atoms with van der Waals surface area (Å²) in [5, 5.41) is 0. The first kappa shape index (κ1) is 7.55. The highest BCUT2D eigenvalue weighted by Crippen LogP contribution is 2.32. The standard InChI is InChI=1S/C9H10FNO/c10-7-3-1-2-6-8(11)4-5-12-9(6)7/h1-3,8H,4-5,11H2/t8-/m0/s1. The van der Waals surface area contributed by atoms with Gasteiger partial charge in [0.2, 0.25) is 0 Å². The summed E-state index contributed by atoms with van der Waals surface area (Å²) in [6.07, 6.45) is 0.760. The number of benzene rings is 1. The third-order valence-electron chi connectivity index (χ3n) is 2.07. The maximum Gasteiger partial charge on any atom is 0.165 e. The van der Waals surface area contributed by atoms with Crippen molar-refractivity contribution in [3.8, 4) is 5.75 Å². The Morgan fingerprint density at radius 3 is 3.08 bits per heavy atom. The zero-order valence-electron chi connectivity index (χ0n) is 6.59. The molecule has 0 fully saturated rings. The molecule has 1 atom stereocenters. The molecular formula is C9H10FNO. The number of para-hydroxylation sites is 1. The lowest BCUT2D eigenvalue weighted by Gasteiger charge is -2.22. The van der Waals surface area contributed by atoms with Crippen LogP contribution in [0.3, 0.4) is 0 Å². The number of nitrogens with two attached hydrogens (primary N) is 1. The first-order chi connectivity index (χ1) is 5.79. The predicted molar refractivity (Wildman–Crippen MR) is 43.4 cm³/mol. The molecule has 64 valence electrons. The first-order valence-corrected chi connectivity index (χ1v) is 3.96. The van der Waals surface area contributed by atoms with Crippen LogP contribution in [0.15, 0.2) is 18.2 Å². The smallest absolute Gasteiger partial charge is 0.165 e. The Morgan fingerprint density at radius 2 is 2.33 bits per heavy atom. The Labute approximate surface area is 70.1 Å². The van der Waals surface area contributed by atoms with Gasteiger partial charge in [0, 0.05) is 18.0 Å². The largest absolute Gasteiger partial charge is 0.490 e. The van der Waals surface area contributed by atoms with Crippen molar-refractivity contribution in [3.05, 3.63) is 29.6 Å². The molecule has 2 rings (SSSR count). The molecule has 0 aromatic heterocycles. The minimum Gasteiger partial charge on any atom is -0.490 e. The van der Waals surface area contributed by atoms with E-state index in [-0.39, 0.29) is 11.9 Å². The number of fused-ring (bicyclic) bond motifs is 1. The lowest BCUT2D eigenvalue weighted by atomic mass is 10.0. The molecule has 1 aromatic carbocycles. The van der Waals surface area contributed by atoms with Crippen LogP contribution in [0.25, 0.3) is 0 Å². The van der Waals surface area contributed by atoms with Gasteiger partial charge < -0.3 is 10.5 Å². The Morgan fingerprint density at radius 1 is 1.50 bits per heavy atom. The molecule has 0 aliphatic carbocycles. The van der Waals surface area contributed by atoms with E-state index in [4.69, 9.17) is 10.5 Å². The summed E-state index contributed by atoms with van der Waals surface area (Å²) in [4.78, 5) is 0. The average Bonchev–Trinajstić information content (AvgIpc) is 2.07. The lowest BCUT2D eigenvalue weighted by Crippen LogP contribution is -2.21. The number of rotatable bonds is 0. The maximum absolute atomic E-state index is 13.1. The van der Waals surface area contributed by atoms with E-state index in [1.807, 2.05) is 6.07 Å². The van der Waals surface area contributed by atoms with Gasteiger partial charge in [0.25, 0.3) is 0 Å². The second kappa shape index (κ2) is 2.75. The van der Waals surface area contributed by atoms with Crippen LogP contribution in [0.1, 0.15) is 18.0 Å². The molecule has 1 heterocycles. The van der Waals surface area contributed by atoms with Crippen LogP contribution in [-0.4, -0.2) is 6.61 Å². The summed E-state index contributed by atoms with van der Waals surface area (Å²) >= 11 is 0.